The van der Waals surface area contributed by atoms with Gasteiger partial charge in [-0.25, -0.2) is 4.39 Å². The van der Waals surface area contributed by atoms with Crippen molar-refractivity contribution in [2.45, 2.75) is 11.5 Å². The van der Waals surface area contributed by atoms with Crippen LogP contribution in [0.4, 0.5) is 4.39 Å². The monoisotopic (exact) mass is 374 g/mol. The minimum absolute atomic E-state index is 0.0194. The molecule has 0 aliphatic heterocycles. The van der Waals surface area contributed by atoms with Gasteiger partial charge in [0.05, 0.1) is 18.4 Å². The Morgan fingerprint density at radius 3 is 2.77 bits per heavy atom. The molecule has 0 atom stereocenters. The summed E-state index contributed by atoms with van der Waals surface area (Å²) in [6, 6.07) is 13.5. The van der Waals surface area contributed by atoms with Gasteiger partial charge in [0.1, 0.15) is 11.6 Å². The normalized spacial score (nSPS) is 10.5. The van der Waals surface area contributed by atoms with Gasteiger partial charge < -0.3 is 14.0 Å². The number of esters is 1. The fourth-order valence-electron chi connectivity index (χ4n) is 2.13. The first-order valence-corrected chi connectivity index (χ1v) is 8.65. The minimum Gasteiger partial charge on any atom is -0.496 e. The second-order valence-corrected chi connectivity index (χ2v) is 6.11. The molecule has 0 N–H and O–H groups in total. The van der Waals surface area contributed by atoms with Gasteiger partial charge in [-0.05, 0) is 24.3 Å². The number of carbonyl (C=O) groups excluding carboxylic acids is 1. The minimum atomic E-state index is -0.504. The molecule has 0 amide bonds. The van der Waals surface area contributed by atoms with E-state index < -0.39 is 5.97 Å². The maximum Gasteiger partial charge on any atom is 0.316 e. The van der Waals surface area contributed by atoms with E-state index in [1.54, 1.807) is 37.4 Å². The molecular formula is C18H15FN2O4S. The molecule has 26 heavy (non-hydrogen) atoms. The zero-order valence-electron chi connectivity index (χ0n) is 13.8. The third kappa shape index (κ3) is 4.40. The molecule has 6 nitrogen and oxygen atoms in total. The maximum atomic E-state index is 13.5. The highest BCUT2D eigenvalue weighted by Gasteiger charge is 2.14. The van der Waals surface area contributed by atoms with Crippen LogP contribution in [0.1, 0.15) is 5.89 Å². The van der Waals surface area contributed by atoms with E-state index in [2.05, 4.69) is 10.1 Å². The van der Waals surface area contributed by atoms with E-state index in [0.717, 1.165) is 11.8 Å². The van der Waals surface area contributed by atoms with Gasteiger partial charge in [0.2, 0.25) is 5.82 Å². The van der Waals surface area contributed by atoms with Crippen molar-refractivity contribution < 1.29 is 23.2 Å². The van der Waals surface area contributed by atoms with E-state index in [1.165, 1.54) is 6.07 Å². The van der Waals surface area contributed by atoms with Gasteiger partial charge in [0.25, 0.3) is 5.89 Å². The third-order valence-corrected chi connectivity index (χ3v) is 4.38. The summed E-state index contributed by atoms with van der Waals surface area (Å²) in [5, 5.41) is 3.87. The predicted octanol–water partition coefficient (Wildman–Crippen LogP) is 3.72. The number of benzene rings is 2. The van der Waals surface area contributed by atoms with Gasteiger partial charge >= 0.3 is 5.97 Å². The number of para-hydroxylation sites is 1. The fraction of sp³-hybridized carbons (Fsp3) is 0.167. The third-order valence-electron chi connectivity index (χ3n) is 3.35. The largest absolute Gasteiger partial charge is 0.496 e. The Morgan fingerprint density at radius 1 is 1.19 bits per heavy atom. The number of ether oxygens (including phenoxy) is 2. The van der Waals surface area contributed by atoms with Gasteiger partial charge in [-0.3, -0.25) is 4.79 Å². The van der Waals surface area contributed by atoms with Crippen molar-refractivity contribution in [1.29, 1.82) is 0 Å². The standard InChI is InChI=1S/C18H15FN2O4S/c1-23-14-8-4-2-6-12(14)18-20-16(25-21-18)10-24-17(22)11-26-15-9-5-3-7-13(15)19/h2-9H,10-11H2,1H3. The quantitative estimate of drug-likeness (QED) is 0.461. The fourth-order valence-corrected chi connectivity index (χ4v) is 2.87. The average Bonchev–Trinajstić information content (AvgIpc) is 3.14. The zero-order valence-corrected chi connectivity index (χ0v) is 14.7. The number of rotatable bonds is 7. The lowest BCUT2D eigenvalue weighted by atomic mass is 10.2. The summed E-state index contributed by atoms with van der Waals surface area (Å²) in [5.74, 6) is 0.218. The Hall–Kier alpha value is -2.87. The molecule has 0 bridgehead atoms. The van der Waals surface area contributed by atoms with Crippen molar-refractivity contribution >= 4 is 17.7 Å². The molecular weight excluding hydrogens is 359 g/mol. The molecule has 2 aromatic carbocycles. The van der Waals surface area contributed by atoms with Crippen LogP contribution in [0.25, 0.3) is 11.4 Å². The van der Waals surface area contributed by atoms with Gasteiger partial charge in [-0.1, -0.05) is 29.4 Å². The van der Waals surface area contributed by atoms with Crippen LogP contribution in [-0.2, 0) is 16.1 Å². The molecule has 3 rings (SSSR count). The van der Waals surface area contributed by atoms with Crippen LogP contribution in [0, 0.1) is 5.82 Å². The van der Waals surface area contributed by atoms with Crippen LogP contribution in [0.15, 0.2) is 57.9 Å². The van der Waals surface area contributed by atoms with Crippen LogP contribution in [0.2, 0.25) is 0 Å². The number of hydrogen-bond acceptors (Lipinski definition) is 7. The topological polar surface area (TPSA) is 74.5 Å². The Kier molecular flexibility index (Phi) is 5.85. The zero-order chi connectivity index (χ0) is 18.4. The molecule has 1 aromatic heterocycles. The van der Waals surface area contributed by atoms with E-state index >= 15 is 0 Å². The van der Waals surface area contributed by atoms with Crippen molar-refractivity contribution in [3.63, 3.8) is 0 Å². The van der Waals surface area contributed by atoms with Crippen LogP contribution in [0.3, 0.4) is 0 Å². The first-order valence-electron chi connectivity index (χ1n) is 7.66. The number of hydrogen-bond donors (Lipinski definition) is 0. The lowest BCUT2D eigenvalue weighted by molar-refractivity contribution is -0.142. The highest BCUT2D eigenvalue weighted by molar-refractivity contribution is 8.00. The van der Waals surface area contributed by atoms with E-state index in [1.807, 2.05) is 12.1 Å². The molecule has 0 unspecified atom stereocenters. The van der Waals surface area contributed by atoms with Crippen LogP contribution in [0.5, 0.6) is 5.75 Å². The van der Waals surface area contributed by atoms with Crippen LogP contribution < -0.4 is 4.74 Å². The molecule has 8 heteroatoms. The lowest BCUT2D eigenvalue weighted by Gasteiger charge is -2.03. The molecule has 3 aromatic rings. The molecule has 134 valence electrons. The molecule has 0 saturated heterocycles. The number of halogens is 1. The van der Waals surface area contributed by atoms with Gasteiger partial charge in [-0.15, -0.1) is 11.8 Å². The highest BCUT2D eigenvalue weighted by Crippen LogP contribution is 2.27. The van der Waals surface area contributed by atoms with Gasteiger partial charge in [-0.2, -0.15) is 4.98 Å². The smallest absolute Gasteiger partial charge is 0.316 e. The summed E-state index contributed by atoms with van der Waals surface area (Å²) < 4.78 is 28.9. The lowest BCUT2D eigenvalue weighted by Crippen LogP contribution is -2.07. The predicted molar refractivity (Wildman–Crippen MR) is 93.2 cm³/mol. The number of carbonyl (C=O) groups is 1. The summed E-state index contributed by atoms with van der Waals surface area (Å²) in [4.78, 5) is 16.4. The van der Waals surface area contributed by atoms with Crippen molar-refractivity contribution in [2.24, 2.45) is 0 Å². The highest BCUT2D eigenvalue weighted by atomic mass is 32.2. The van der Waals surface area contributed by atoms with Crippen LogP contribution in [-0.4, -0.2) is 29.0 Å². The maximum absolute atomic E-state index is 13.5. The van der Waals surface area contributed by atoms with Crippen molar-refractivity contribution in [2.75, 3.05) is 12.9 Å². The van der Waals surface area contributed by atoms with Crippen molar-refractivity contribution in [1.82, 2.24) is 10.1 Å². The number of aromatic nitrogens is 2. The number of methoxy groups -OCH3 is 1. The van der Waals surface area contributed by atoms with Gasteiger partial charge in [0.15, 0.2) is 6.61 Å². The Balaban J connectivity index is 1.55. The molecule has 1 heterocycles. The Bertz CT molecular complexity index is 900. The molecule has 0 radical (unpaired) electrons. The summed E-state index contributed by atoms with van der Waals surface area (Å²) >= 11 is 1.06. The SMILES string of the molecule is COc1ccccc1-c1noc(COC(=O)CSc2ccccc2F)n1. The summed E-state index contributed by atoms with van der Waals surface area (Å²) in [6.45, 7) is -0.154. The van der Waals surface area contributed by atoms with E-state index in [-0.39, 0.29) is 24.1 Å². The first-order chi connectivity index (χ1) is 12.7. The number of nitrogens with zero attached hydrogens (tertiary/aromatic N) is 2. The number of thioether (sulfide) groups is 1. The average molecular weight is 374 g/mol. The molecule has 0 fully saturated rings. The molecule has 0 aliphatic carbocycles. The second kappa shape index (κ2) is 8.48. The second-order valence-electron chi connectivity index (χ2n) is 5.09. The van der Waals surface area contributed by atoms with Gasteiger partial charge in [0, 0.05) is 4.90 Å². The first kappa shape index (κ1) is 17.9. The van der Waals surface area contributed by atoms with Crippen molar-refractivity contribution in [3.8, 4) is 17.1 Å². The molecule has 0 aliphatic rings. The molecule has 0 spiro atoms. The van der Waals surface area contributed by atoms with E-state index in [0.29, 0.717) is 22.0 Å². The van der Waals surface area contributed by atoms with Crippen molar-refractivity contribution in [3.05, 3.63) is 60.2 Å². The summed E-state index contributed by atoms with van der Waals surface area (Å²) in [7, 11) is 1.55. The Labute approximate surface area is 153 Å². The Morgan fingerprint density at radius 2 is 1.96 bits per heavy atom. The van der Waals surface area contributed by atoms with Crippen LogP contribution >= 0.6 is 11.8 Å². The molecule has 0 saturated carbocycles. The summed E-state index contributed by atoms with van der Waals surface area (Å²) in [6.07, 6.45) is 0. The summed E-state index contributed by atoms with van der Waals surface area (Å²) in [5.41, 5.74) is 0.673. The van der Waals surface area contributed by atoms with E-state index in [9.17, 15) is 9.18 Å². The van der Waals surface area contributed by atoms with E-state index in [4.69, 9.17) is 14.0 Å².